The largest absolute Gasteiger partial charge is 1.00 e. The first-order valence-electron chi connectivity index (χ1n) is 21.9. The van der Waals surface area contributed by atoms with E-state index in [1.165, 1.54) is 140 Å². The minimum atomic E-state index is -1.33. The quantitative estimate of drug-likeness (QED) is 0.0433. The molecule has 306 valence electrons. The first-order chi connectivity index (χ1) is 25.4. The van der Waals surface area contributed by atoms with Gasteiger partial charge in [0, 0.05) is 25.4 Å². The number of hydrogen-bond acceptors (Lipinski definition) is 6. The standard InChI is InChI=1S/C43H82N2O6S.Na/c1-2-3-4-5-6-7-15-20-25-30-37-52-38-31-26-21-16-11-9-8-10-12-17-22-27-32-40(46)44-36-29-24-19-14-13-18-23-28-33-41(47)45-39(43(50)51)34-35-42(48)49;/h39H,2-38H2,1H3,(H,44,46)(H,45,47)(H,48,49)(H,50,51);/q;+1/p-1. The van der Waals surface area contributed by atoms with Crippen LogP contribution in [-0.4, -0.2) is 53.0 Å². The molecule has 0 saturated heterocycles. The van der Waals surface area contributed by atoms with Gasteiger partial charge in [0.15, 0.2) is 0 Å². The number of amides is 2. The number of aliphatic carboxylic acids is 2. The second kappa shape index (κ2) is 44.0. The molecule has 0 aromatic carbocycles. The average molecular weight is 777 g/mol. The molecule has 3 N–H and O–H groups in total. The van der Waals surface area contributed by atoms with E-state index in [1.54, 1.807) is 0 Å². The second-order valence-electron chi connectivity index (χ2n) is 15.1. The van der Waals surface area contributed by atoms with Crippen molar-refractivity contribution in [2.45, 2.75) is 231 Å². The summed E-state index contributed by atoms with van der Waals surface area (Å²) in [5.74, 6) is -0.00476. The van der Waals surface area contributed by atoms with E-state index >= 15 is 0 Å². The first-order valence-corrected chi connectivity index (χ1v) is 23.1. The fourth-order valence-electron chi connectivity index (χ4n) is 6.62. The number of carboxylic acids is 2. The third-order valence-electron chi connectivity index (χ3n) is 10.0. The van der Waals surface area contributed by atoms with Crippen LogP contribution in [0.3, 0.4) is 0 Å². The minimum absolute atomic E-state index is 0. The second-order valence-corrected chi connectivity index (χ2v) is 16.3. The maximum absolute atomic E-state index is 12.1. The minimum Gasteiger partial charge on any atom is -0.550 e. The van der Waals surface area contributed by atoms with Gasteiger partial charge in [-0.3, -0.25) is 9.59 Å². The van der Waals surface area contributed by atoms with Crippen LogP contribution in [-0.2, 0) is 19.2 Å². The normalized spacial score (nSPS) is 11.6. The number of carbonyl (C=O) groups is 4. The third-order valence-corrected chi connectivity index (χ3v) is 11.2. The molecule has 1 atom stereocenters. The van der Waals surface area contributed by atoms with E-state index in [0.29, 0.717) is 12.8 Å². The molecule has 8 nitrogen and oxygen atoms in total. The van der Waals surface area contributed by atoms with E-state index in [2.05, 4.69) is 29.3 Å². The van der Waals surface area contributed by atoms with Gasteiger partial charge < -0.3 is 25.6 Å². The Balaban J connectivity index is 0. The van der Waals surface area contributed by atoms with Crippen molar-refractivity contribution in [1.82, 2.24) is 10.6 Å². The molecule has 0 spiro atoms. The van der Waals surface area contributed by atoms with Gasteiger partial charge in [-0.15, -0.1) is 0 Å². The summed E-state index contributed by atoms with van der Waals surface area (Å²) in [6, 6.07) is -1.19. The monoisotopic (exact) mass is 777 g/mol. The zero-order valence-corrected chi connectivity index (χ0v) is 37.5. The van der Waals surface area contributed by atoms with Gasteiger partial charge in [0.1, 0.15) is 6.04 Å². The molecule has 53 heavy (non-hydrogen) atoms. The van der Waals surface area contributed by atoms with E-state index in [0.717, 1.165) is 64.3 Å². The Morgan fingerprint density at radius 1 is 0.509 bits per heavy atom. The van der Waals surface area contributed by atoms with Crippen molar-refractivity contribution < 1.29 is 58.9 Å². The van der Waals surface area contributed by atoms with E-state index in [9.17, 15) is 24.3 Å². The number of rotatable bonds is 42. The third kappa shape index (κ3) is 43.8. The predicted molar refractivity (Wildman–Crippen MR) is 218 cm³/mol. The average Bonchev–Trinajstić information content (AvgIpc) is 3.12. The van der Waals surface area contributed by atoms with Crippen LogP contribution in [0.1, 0.15) is 225 Å². The van der Waals surface area contributed by atoms with Crippen molar-refractivity contribution in [2.75, 3.05) is 18.1 Å². The van der Waals surface area contributed by atoms with E-state index < -0.39 is 24.4 Å². The summed E-state index contributed by atoms with van der Waals surface area (Å²) in [4.78, 5) is 45.7. The van der Waals surface area contributed by atoms with Crippen molar-refractivity contribution in [3.8, 4) is 0 Å². The fourth-order valence-corrected chi connectivity index (χ4v) is 7.65. The van der Waals surface area contributed by atoms with Gasteiger partial charge in [0.25, 0.3) is 0 Å². The Kier molecular flexibility index (Phi) is 45.1. The number of carboxylic acid groups (broad SMARTS) is 2. The first kappa shape index (κ1) is 54.3. The summed E-state index contributed by atoms with van der Waals surface area (Å²) in [5, 5.41) is 25.1. The fraction of sp³-hybridized carbons (Fsp3) is 0.907. The molecule has 0 saturated carbocycles. The van der Waals surface area contributed by atoms with Gasteiger partial charge in [-0.2, -0.15) is 11.8 Å². The summed E-state index contributed by atoms with van der Waals surface area (Å²) in [5.41, 5.74) is 0. The van der Waals surface area contributed by atoms with Gasteiger partial charge in [-0.05, 0) is 56.5 Å². The van der Waals surface area contributed by atoms with Crippen LogP contribution in [0, 0.1) is 0 Å². The molecule has 0 rings (SSSR count). The van der Waals surface area contributed by atoms with Crippen molar-refractivity contribution in [1.29, 1.82) is 0 Å². The molecule has 0 bridgehead atoms. The molecular formula is C43H81N2NaO6S. The molecule has 0 heterocycles. The summed E-state index contributed by atoms with van der Waals surface area (Å²) < 4.78 is 0. The molecule has 0 radical (unpaired) electrons. The number of nitrogens with one attached hydrogen (secondary N) is 2. The Morgan fingerprint density at radius 3 is 1.26 bits per heavy atom. The molecule has 2 amide bonds. The zero-order chi connectivity index (χ0) is 38.2. The molecule has 0 aliphatic rings. The Hall–Kier alpha value is -0.770. The number of carbonyl (C=O) groups excluding carboxylic acids is 3. The summed E-state index contributed by atoms with van der Waals surface area (Å²) >= 11 is 2.18. The Morgan fingerprint density at radius 2 is 0.868 bits per heavy atom. The maximum Gasteiger partial charge on any atom is 1.00 e. The topological polar surface area (TPSA) is 136 Å². The summed E-state index contributed by atoms with van der Waals surface area (Å²) in [6.07, 6.45) is 38.5. The van der Waals surface area contributed by atoms with Gasteiger partial charge in [0.05, 0.1) is 0 Å². The van der Waals surface area contributed by atoms with Gasteiger partial charge >= 0.3 is 35.5 Å². The van der Waals surface area contributed by atoms with Crippen LogP contribution >= 0.6 is 11.8 Å². The summed E-state index contributed by atoms with van der Waals surface area (Å²) in [7, 11) is 0. The molecule has 10 heteroatoms. The zero-order valence-electron chi connectivity index (χ0n) is 34.6. The Bertz CT molecular complexity index is 850. The molecule has 0 aliphatic heterocycles. The number of unbranched alkanes of at least 4 members (excludes halogenated alkanes) is 27. The van der Waals surface area contributed by atoms with Crippen LogP contribution < -0.4 is 45.3 Å². The molecule has 0 aliphatic carbocycles. The van der Waals surface area contributed by atoms with E-state index in [-0.39, 0.29) is 54.2 Å². The van der Waals surface area contributed by atoms with Gasteiger partial charge in [0.2, 0.25) is 11.8 Å². The van der Waals surface area contributed by atoms with Crippen LogP contribution in [0.2, 0.25) is 0 Å². The van der Waals surface area contributed by atoms with Crippen LogP contribution in [0.25, 0.3) is 0 Å². The molecule has 1 unspecified atom stereocenters. The predicted octanol–water partition coefficient (Wildman–Crippen LogP) is 7.44. The van der Waals surface area contributed by atoms with Gasteiger partial charge in [-0.1, -0.05) is 167 Å². The number of hydrogen-bond donors (Lipinski definition) is 3. The Labute approximate surface area is 352 Å². The molecular weight excluding hydrogens is 696 g/mol. The molecule has 0 aromatic rings. The van der Waals surface area contributed by atoms with Crippen LogP contribution in [0.4, 0.5) is 0 Å². The van der Waals surface area contributed by atoms with Crippen molar-refractivity contribution in [3.63, 3.8) is 0 Å². The summed E-state index contributed by atoms with van der Waals surface area (Å²) in [6.45, 7) is 3.05. The van der Waals surface area contributed by atoms with Crippen LogP contribution in [0.5, 0.6) is 0 Å². The van der Waals surface area contributed by atoms with E-state index in [4.69, 9.17) is 5.11 Å². The molecule has 0 aromatic heterocycles. The van der Waals surface area contributed by atoms with Crippen molar-refractivity contribution >= 4 is 35.5 Å². The SMILES string of the molecule is CCCCCCCCCCCCSCCCCCCCCCCCCCCC(=O)NCCCCCCCCCCC(=O)NC(CCC(=O)[O-])C(=O)O.[Na+]. The van der Waals surface area contributed by atoms with E-state index in [1.807, 2.05) is 0 Å². The van der Waals surface area contributed by atoms with Crippen molar-refractivity contribution in [3.05, 3.63) is 0 Å². The van der Waals surface area contributed by atoms with Crippen LogP contribution in [0.15, 0.2) is 0 Å². The maximum atomic E-state index is 12.1. The smallest absolute Gasteiger partial charge is 0.550 e. The van der Waals surface area contributed by atoms with Crippen molar-refractivity contribution in [2.24, 2.45) is 0 Å². The van der Waals surface area contributed by atoms with Gasteiger partial charge in [-0.25, -0.2) is 4.79 Å². The number of thioether (sulfide) groups is 1. The molecule has 0 fully saturated rings.